The third-order valence-corrected chi connectivity index (χ3v) is 4.52. The molecule has 22 heavy (non-hydrogen) atoms. The molecule has 0 atom stereocenters. The Labute approximate surface area is 134 Å². The largest absolute Gasteiger partial charge is 0.369 e. The molecule has 1 aromatic rings. The molecule has 8 heteroatoms. The maximum Gasteiger partial charge on any atom is 0.321 e. The number of piperidine rings is 1. The fourth-order valence-corrected chi connectivity index (χ4v) is 3.05. The van der Waals surface area contributed by atoms with Crippen LogP contribution in [0.2, 0.25) is 0 Å². The number of nitrogens with two attached hydrogens (primary N) is 1. The van der Waals surface area contributed by atoms with Crippen molar-refractivity contribution in [2.75, 3.05) is 31.5 Å². The Morgan fingerprint density at radius 3 is 2.77 bits per heavy atom. The molecule has 0 spiro atoms. The number of hydrogen-bond acceptors (Lipinski definition) is 5. The lowest BCUT2D eigenvalue weighted by atomic mass is 9.96. The number of primary amides is 1. The van der Waals surface area contributed by atoms with E-state index in [1.165, 1.54) is 11.3 Å². The van der Waals surface area contributed by atoms with Gasteiger partial charge in [-0.2, -0.15) is 0 Å². The Kier molecular flexibility index (Phi) is 6.60. The number of nitrogens with zero attached hydrogens (tertiary/aromatic N) is 2. The van der Waals surface area contributed by atoms with Gasteiger partial charge in [0.2, 0.25) is 5.91 Å². The first-order valence-electron chi connectivity index (χ1n) is 7.61. The third kappa shape index (κ3) is 5.61. The van der Waals surface area contributed by atoms with E-state index in [-0.39, 0.29) is 17.9 Å². The highest BCUT2D eigenvalue weighted by atomic mass is 32.1. The van der Waals surface area contributed by atoms with E-state index in [0.29, 0.717) is 11.7 Å². The first-order chi connectivity index (χ1) is 10.6. The van der Waals surface area contributed by atoms with Crippen molar-refractivity contribution in [3.8, 4) is 0 Å². The second-order valence-corrected chi connectivity index (χ2v) is 6.34. The van der Waals surface area contributed by atoms with Crippen LogP contribution in [0, 0.1) is 5.92 Å². The van der Waals surface area contributed by atoms with E-state index in [2.05, 4.69) is 20.5 Å². The van der Waals surface area contributed by atoms with Crippen molar-refractivity contribution < 1.29 is 9.59 Å². The fourth-order valence-electron chi connectivity index (χ4n) is 2.53. The Hall–Kier alpha value is -1.67. The number of thiazole rings is 1. The van der Waals surface area contributed by atoms with Crippen LogP contribution in [0.15, 0.2) is 11.6 Å². The summed E-state index contributed by atoms with van der Waals surface area (Å²) in [6, 6.07) is -0.211. The van der Waals surface area contributed by atoms with Crippen LogP contribution in [-0.4, -0.2) is 48.0 Å². The zero-order chi connectivity index (χ0) is 15.8. The van der Waals surface area contributed by atoms with Crippen molar-refractivity contribution in [2.45, 2.75) is 25.7 Å². The average Bonchev–Trinajstić information content (AvgIpc) is 3.00. The van der Waals surface area contributed by atoms with Crippen LogP contribution in [0.5, 0.6) is 0 Å². The van der Waals surface area contributed by atoms with Crippen molar-refractivity contribution in [2.24, 2.45) is 11.7 Å². The normalized spacial score (nSPS) is 16.4. The summed E-state index contributed by atoms with van der Waals surface area (Å²) < 4.78 is 0. The van der Waals surface area contributed by atoms with Gasteiger partial charge in [-0.3, -0.25) is 10.1 Å². The predicted molar refractivity (Wildman–Crippen MR) is 86.7 cm³/mol. The van der Waals surface area contributed by atoms with Crippen LogP contribution in [0.25, 0.3) is 0 Å². The second kappa shape index (κ2) is 8.70. The fraction of sp³-hybridized carbons (Fsp3) is 0.643. The average molecular weight is 325 g/mol. The number of hydrogen-bond donors (Lipinski definition) is 3. The summed E-state index contributed by atoms with van der Waals surface area (Å²) in [7, 11) is 0. The van der Waals surface area contributed by atoms with Gasteiger partial charge in [-0.15, -0.1) is 11.3 Å². The van der Waals surface area contributed by atoms with Crippen molar-refractivity contribution in [3.05, 3.63) is 11.6 Å². The van der Waals surface area contributed by atoms with Crippen molar-refractivity contribution in [1.82, 2.24) is 15.2 Å². The molecule has 7 nitrogen and oxygen atoms in total. The van der Waals surface area contributed by atoms with E-state index in [1.807, 2.05) is 5.38 Å². The standard InChI is InChI=1S/C14H23N5O2S/c15-12(20)11-3-8-19(9-4-11)7-2-1-5-16-13(21)18-14-17-6-10-22-14/h6,10-11H,1-5,7-9H2,(H2,15,20)(H2,16,17,18,21). The number of amides is 3. The van der Waals surface area contributed by atoms with Crippen molar-refractivity contribution in [3.63, 3.8) is 0 Å². The number of carbonyl (C=O) groups excluding carboxylic acids is 2. The summed E-state index contributed by atoms with van der Waals surface area (Å²) in [4.78, 5) is 29.0. The number of carbonyl (C=O) groups is 2. The number of anilines is 1. The smallest absolute Gasteiger partial charge is 0.321 e. The summed E-state index contributed by atoms with van der Waals surface area (Å²) >= 11 is 1.39. The van der Waals surface area contributed by atoms with Crippen LogP contribution in [0.3, 0.4) is 0 Å². The molecule has 1 aliphatic rings. The number of nitrogens with one attached hydrogen (secondary N) is 2. The van der Waals surface area contributed by atoms with Gasteiger partial charge < -0.3 is 16.0 Å². The molecule has 4 N–H and O–H groups in total. The lowest BCUT2D eigenvalue weighted by molar-refractivity contribution is -0.123. The minimum atomic E-state index is -0.211. The third-order valence-electron chi connectivity index (χ3n) is 3.83. The van der Waals surface area contributed by atoms with E-state index >= 15 is 0 Å². The molecule has 2 rings (SSSR count). The maximum atomic E-state index is 11.6. The van der Waals surface area contributed by atoms with E-state index in [0.717, 1.165) is 45.3 Å². The monoisotopic (exact) mass is 325 g/mol. The van der Waals surface area contributed by atoms with E-state index in [4.69, 9.17) is 5.73 Å². The van der Waals surface area contributed by atoms with Gasteiger partial charge in [-0.25, -0.2) is 9.78 Å². The molecule has 0 unspecified atom stereocenters. The minimum absolute atomic E-state index is 0.0486. The number of aromatic nitrogens is 1. The molecule has 0 radical (unpaired) electrons. The number of unbranched alkanes of at least 4 members (excludes halogenated alkanes) is 1. The van der Waals surface area contributed by atoms with Gasteiger partial charge in [0.25, 0.3) is 0 Å². The molecule has 1 fully saturated rings. The van der Waals surface area contributed by atoms with Crippen LogP contribution >= 0.6 is 11.3 Å². The molecular formula is C14H23N5O2S. The van der Waals surface area contributed by atoms with Gasteiger partial charge >= 0.3 is 6.03 Å². The van der Waals surface area contributed by atoms with E-state index < -0.39 is 0 Å². The van der Waals surface area contributed by atoms with Gasteiger partial charge in [-0.1, -0.05) is 0 Å². The highest BCUT2D eigenvalue weighted by Crippen LogP contribution is 2.16. The highest BCUT2D eigenvalue weighted by molar-refractivity contribution is 7.13. The van der Waals surface area contributed by atoms with E-state index in [1.54, 1.807) is 6.20 Å². The number of rotatable bonds is 7. The molecule has 3 amide bonds. The zero-order valence-electron chi connectivity index (χ0n) is 12.6. The van der Waals surface area contributed by atoms with Crippen LogP contribution in [0.1, 0.15) is 25.7 Å². The zero-order valence-corrected chi connectivity index (χ0v) is 13.4. The highest BCUT2D eigenvalue weighted by Gasteiger charge is 2.22. The van der Waals surface area contributed by atoms with Gasteiger partial charge in [0.05, 0.1) is 0 Å². The van der Waals surface area contributed by atoms with Crippen LogP contribution in [0.4, 0.5) is 9.93 Å². The molecule has 1 aromatic heterocycles. The van der Waals surface area contributed by atoms with Gasteiger partial charge in [-0.05, 0) is 45.3 Å². The lowest BCUT2D eigenvalue weighted by Crippen LogP contribution is -2.39. The van der Waals surface area contributed by atoms with Gasteiger partial charge in [0.15, 0.2) is 5.13 Å². The first kappa shape index (κ1) is 16.7. The molecule has 0 aliphatic carbocycles. The summed E-state index contributed by atoms with van der Waals surface area (Å²) in [5, 5.41) is 7.92. The predicted octanol–water partition coefficient (Wildman–Crippen LogP) is 1.24. The topological polar surface area (TPSA) is 100 Å². The van der Waals surface area contributed by atoms with Crippen molar-refractivity contribution in [1.29, 1.82) is 0 Å². The molecule has 0 bridgehead atoms. The molecule has 0 aromatic carbocycles. The van der Waals surface area contributed by atoms with Gasteiger partial charge in [0, 0.05) is 24.0 Å². The molecular weight excluding hydrogens is 302 g/mol. The number of likely N-dealkylation sites (tertiary alicyclic amines) is 1. The SMILES string of the molecule is NC(=O)C1CCN(CCCCNC(=O)Nc2nccs2)CC1. The molecule has 122 valence electrons. The summed E-state index contributed by atoms with van der Waals surface area (Å²) in [6.45, 7) is 3.52. The molecule has 2 heterocycles. The first-order valence-corrected chi connectivity index (χ1v) is 8.49. The maximum absolute atomic E-state index is 11.6. The Balaban J connectivity index is 1.49. The van der Waals surface area contributed by atoms with E-state index in [9.17, 15) is 9.59 Å². The molecule has 1 saturated heterocycles. The minimum Gasteiger partial charge on any atom is -0.369 e. The van der Waals surface area contributed by atoms with Crippen LogP contribution in [-0.2, 0) is 4.79 Å². The van der Waals surface area contributed by atoms with Crippen LogP contribution < -0.4 is 16.4 Å². The van der Waals surface area contributed by atoms with Crippen molar-refractivity contribution >= 4 is 28.4 Å². The molecule has 1 aliphatic heterocycles. The summed E-state index contributed by atoms with van der Waals surface area (Å²) in [5.74, 6) is -0.123. The lowest BCUT2D eigenvalue weighted by Gasteiger charge is -2.30. The number of urea groups is 1. The quantitative estimate of drug-likeness (QED) is 0.657. The molecule has 0 saturated carbocycles. The summed E-state index contributed by atoms with van der Waals surface area (Å²) in [6.07, 6.45) is 5.34. The Morgan fingerprint density at radius 1 is 1.36 bits per heavy atom. The Morgan fingerprint density at radius 2 is 2.14 bits per heavy atom. The Bertz CT molecular complexity index is 472. The summed E-state index contributed by atoms with van der Waals surface area (Å²) in [5.41, 5.74) is 5.32. The second-order valence-electron chi connectivity index (χ2n) is 5.44. The van der Waals surface area contributed by atoms with Gasteiger partial charge in [0.1, 0.15) is 0 Å².